The molecule has 0 aliphatic rings. The monoisotopic (exact) mass is 191 g/mol. The van der Waals surface area contributed by atoms with Crippen LogP contribution in [-0.2, 0) is 13.3 Å². The van der Waals surface area contributed by atoms with E-state index in [1.54, 1.807) is 21.3 Å². The lowest BCUT2D eigenvalue weighted by Crippen LogP contribution is -2.43. The quantitative estimate of drug-likeness (QED) is 0.453. The van der Waals surface area contributed by atoms with Gasteiger partial charge in [-0.05, 0) is 6.42 Å². The molecule has 0 atom stereocenters. The molecule has 1 radical (unpaired) electrons. The Kier molecular flexibility index (Phi) is 6.65. The molecule has 0 fully saturated rings. The van der Waals surface area contributed by atoms with Crippen LogP contribution in [0.15, 0.2) is 0 Å². The van der Waals surface area contributed by atoms with Crippen LogP contribution >= 0.6 is 0 Å². The van der Waals surface area contributed by atoms with Gasteiger partial charge >= 0.3 is 8.80 Å². The maximum atomic E-state index is 5.22. The Bertz CT molecular complexity index is 96.2. The molecule has 0 aromatic carbocycles. The van der Waals surface area contributed by atoms with E-state index in [9.17, 15) is 0 Å². The first-order valence-electron chi connectivity index (χ1n) is 4.24. The van der Waals surface area contributed by atoms with Crippen molar-refractivity contribution in [2.75, 3.05) is 21.3 Å². The zero-order valence-corrected chi connectivity index (χ0v) is 9.42. The first-order valence-corrected chi connectivity index (χ1v) is 6.04. The van der Waals surface area contributed by atoms with Gasteiger partial charge in [-0.1, -0.05) is 19.8 Å². The van der Waals surface area contributed by atoms with Crippen LogP contribution in [0.25, 0.3) is 0 Å². The van der Waals surface area contributed by atoms with Gasteiger partial charge in [-0.2, -0.15) is 0 Å². The third-order valence-corrected chi connectivity index (χ3v) is 4.30. The van der Waals surface area contributed by atoms with Crippen LogP contribution in [0, 0.1) is 6.04 Å². The largest absolute Gasteiger partial charge is 0.503 e. The first kappa shape index (κ1) is 12.1. The maximum absolute atomic E-state index is 5.22. The van der Waals surface area contributed by atoms with Crippen molar-refractivity contribution in [1.82, 2.24) is 0 Å². The molecule has 0 N–H and O–H groups in total. The number of hydrogen-bond acceptors (Lipinski definition) is 3. The molecular formula is C8H19O3Si. The lowest BCUT2D eigenvalue weighted by Gasteiger charge is -2.23. The third kappa shape index (κ3) is 3.67. The van der Waals surface area contributed by atoms with Gasteiger partial charge in [0.25, 0.3) is 0 Å². The van der Waals surface area contributed by atoms with Gasteiger partial charge in [0.05, 0.1) is 0 Å². The number of unbranched alkanes of at least 4 members (excludes halogenated alkanes) is 2. The molecule has 0 heterocycles. The van der Waals surface area contributed by atoms with E-state index in [2.05, 4.69) is 6.92 Å². The van der Waals surface area contributed by atoms with Crippen molar-refractivity contribution >= 4 is 8.80 Å². The fraction of sp³-hybridized carbons (Fsp3) is 0.875. The molecule has 0 amide bonds. The van der Waals surface area contributed by atoms with E-state index in [0.29, 0.717) is 0 Å². The van der Waals surface area contributed by atoms with Crippen LogP contribution in [0.5, 0.6) is 0 Å². The molecule has 0 aromatic heterocycles. The van der Waals surface area contributed by atoms with E-state index in [1.807, 2.05) is 6.04 Å². The summed E-state index contributed by atoms with van der Waals surface area (Å²) in [5.41, 5.74) is 0. The lowest BCUT2D eigenvalue weighted by atomic mass is 10.3. The van der Waals surface area contributed by atoms with E-state index in [4.69, 9.17) is 13.3 Å². The van der Waals surface area contributed by atoms with Crippen molar-refractivity contribution in [1.29, 1.82) is 0 Å². The van der Waals surface area contributed by atoms with E-state index < -0.39 is 8.80 Å². The Morgan fingerprint density at radius 2 is 1.58 bits per heavy atom. The van der Waals surface area contributed by atoms with E-state index in [-0.39, 0.29) is 0 Å². The highest BCUT2D eigenvalue weighted by molar-refractivity contribution is 6.64. The molecule has 0 bridgehead atoms. The summed E-state index contributed by atoms with van der Waals surface area (Å²) in [7, 11) is 2.50. The zero-order chi connectivity index (χ0) is 9.45. The molecule has 73 valence electrons. The van der Waals surface area contributed by atoms with Gasteiger partial charge in [0.1, 0.15) is 0 Å². The van der Waals surface area contributed by atoms with Crippen molar-refractivity contribution in [3.63, 3.8) is 0 Å². The van der Waals surface area contributed by atoms with Gasteiger partial charge in [0.2, 0.25) is 0 Å². The fourth-order valence-corrected chi connectivity index (χ4v) is 2.54. The molecule has 12 heavy (non-hydrogen) atoms. The molecule has 4 heteroatoms. The Balaban J connectivity index is 3.76. The predicted octanol–water partition coefficient (Wildman–Crippen LogP) is 1.80. The van der Waals surface area contributed by atoms with Crippen LogP contribution in [0.3, 0.4) is 0 Å². The molecule has 0 saturated carbocycles. The van der Waals surface area contributed by atoms with Gasteiger partial charge in [-0.25, -0.2) is 0 Å². The minimum atomic E-state index is -2.38. The van der Waals surface area contributed by atoms with E-state index in [1.165, 1.54) is 6.42 Å². The Labute approximate surface area is 76.4 Å². The maximum Gasteiger partial charge on any atom is 0.503 e. The molecular weight excluding hydrogens is 172 g/mol. The summed E-state index contributed by atoms with van der Waals surface area (Å²) in [6, 6.07) is 2.04. The number of hydrogen-bond donors (Lipinski definition) is 0. The number of rotatable bonds is 7. The average Bonchev–Trinajstić information content (AvgIpc) is 2.14. The molecule has 0 rings (SSSR count). The first-order chi connectivity index (χ1) is 5.74. The van der Waals surface area contributed by atoms with Crippen molar-refractivity contribution in [3.05, 3.63) is 6.04 Å². The van der Waals surface area contributed by atoms with Crippen molar-refractivity contribution in [3.8, 4) is 0 Å². The minimum Gasteiger partial charge on any atom is -0.377 e. The second-order valence-electron chi connectivity index (χ2n) is 2.56. The highest BCUT2D eigenvalue weighted by Gasteiger charge is 2.36. The molecule has 0 spiro atoms. The van der Waals surface area contributed by atoms with E-state index in [0.717, 1.165) is 12.8 Å². The Morgan fingerprint density at radius 1 is 1.08 bits per heavy atom. The SMILES string of the molecule is CCCC[CH][Si](OC)(OC)OC. The van der Waals surface area contributed by atoms with Crippen molar-refractivity contribution < 1.29 is 13.3 Å². The molecule has 0 aliphatic heterocycles. The smallest absolute Gasteiger partial charge is 0.377 e. The van der Waals surface area contributed by atoms with Crippen LogP contribution in [0.4, 0.5) is 0 Å². The van der Waals surface area contributed by atoms with Crippen LogP contribution < -0.4 is 0 Å². The third-order valence-electron chi connectivity index (χ3n) is 1.81. The molecule has 3 nitrogen and oxygen atoms in total. The van der Waals surface area contributed by atoms with Crippen LogP contribution in [-0.4, -0.2) is 30.1 Å². The van der Waals surface area contributed by atoms with Crippen molar-refractivity contribution in [2.45, 2.75) is 26.2 Å². The Hall–Kier alpha value is 0.0969. The predicted molar refractivity (Wildman–Crippen MR) is 50.6 cm³/mol. The van der Waals surface area contributed by atoms with Gasteiger partial charge in [-0.15, -0.1) is 0 Å². The van der Waals surface area contributed by atoms with Gasteiger partial charge in [0, 0.05) is 27.4 Å². The molecule has 0 unspecified atom stereocenters. The molecule has 0 aliphatic carbocycles. The summed E-state index contributed by atoms with van der Waals surface area (Å²) < 4.78 is 15.7. The van der Waals surface area contributed by atoms with Gasteiger partial charge in [-0.3, -0.25) is 0 Å². The minimum absolute atomic E-state index is 0.998. The topological polar surface area (TPSA) is 27.7 Å². The van der Waals surface area contributed by atoms with E-state index >= 15 is 0 Å². The highest BCUT2D eigenvalue weighted by atomic mass is 28.4. The summed E-state index contributed by atoms with van der Waals surface area (Å²) >= 11 is 0. The fourth-order valence-electron chi connectivity index (χ4n) is 0.983. The lowest BCUT2D eigenvalue weighted by molar-refractivity contribution is 0.132. The summed E-state index contributed by atoms with van der Waals surface area (Å²) in [5, 5.41) is 0. The normalized spacial score (nSPS) is 12.0. The second kappa shape index (κ2) is 6.60. The summed E-state index contributed by atoms with van der Waals surface area (Å²) in [4.78, 5) is 0. The summed E-state index contributed by atoms with van der Waals surface area (Å²) in [6.45, 7) is 2.16. The second-order valence-corrected chi connectivity index (χ2v) is 5.40. The average molecular weight is 191 g/mol. The molecule has 0 saturated heterocycles. The summed E-state index contributed by atoms with van der Waals surface area (Å²) in [5.74, 6) is 0. The standard InChI is InChI=1S/C8H19O3Si/c1-5-6-7-8-12(9-2,10-3)11-4/h8H,5-7H2,1-4H3. The van der Waals surface area contributed by atoms with Gasteiger partial charge < -0.3 is 13.3 Å². The molecule has 0 aromatic rings. The Morgan fingerprint density at radius 3 is 1.92 bits per heavy atom. The van der Waals surface area contributed by atoms with Crippen molar-refractivity contribution in [2.24, 2.45) is 0 Å². The highest BCUT2D eigenvalue weighted by Crippen LogP contribution is 2.14. The van der Waals surface area contributed by atoms with Gasteiger partial charge in [0.15, 0.2) is 0 Å². The van der Waals surface area contributed by atoms with Crippen LogP contribution in [0.2, 0.25) is 0 Å². The zero-order valence-electron chi connectivity index (χ0n) is 8.42. The van der Waals surface area contributed by atoms with Crippen LogP contribution in [0.1, 0.15) is 26.2 Å². The summed E-state index contributed by atoms with van der Waals surface area (Å²) in [6.07, 6.45) is 3.33.